The van der Waals surface area contributed by atoms with E-state index in [0.29, 0.717) is 6.54 Å². The molecular weight excluding hydrogens is 289 g/mol. The summed E-state index contributed by atoms with van der Waals surface area (Å²) < 4.78 is 12.5. The molecule has 1 aliphatic rings. The lowest BCUT2D eigenvalue weighted by Crippen LogP contribution is -2.25. The number of halogens is 1. The van der Waals surface area contributed by atoms with E-state index in [1.807, 2.05) is 24.1 Å². The van der Waals surface area contributed by atoms with Crippen LogP contribution in [0.15, 0.2) is 35.3 Å². The summed E-state index contributed by atoms with van der Waals surface area (Å²) in [6.07, 6.45) is 5.38. The smallest absolute Gasteiger partial charge is 0.132 e. The lowest BCUT2D eigenvalue weighted by atomic mass is 10.1. The molecule has 3 nitrogen and oxygen atoms in total. The summed E-state index contributed by atoms with van der Waals surface area (Å²) >= 11 is 0. The molecule has 0 spiro atoms. The summed E-state index contributed by atoms with van der Waals surface area (Å²) in [6, 6.07) is 10.3. The zero-order valence-corrected chi connectivity index (χ0v) is 13.6. The average molecular weight is 311 g/mol. The molecule has 0 radical (unpaired) electrons. The Morgan fingerprint density at radius 1 is 1.39 bits per heavy atom. The number of alkyl halides is 1. The minimum atomic E-state index is -0.344. The monoisotopic (exact) mass is 311 g/mol. The summed E-state index contributed by atoms with van der Waals surface area (Å²) in [6.45, 7) is 3.02. The van der Waals surface area contributed by atoms with Crippen LogP contribution in [-0.4, -0.2) is 31.8 Å². The number of allylic oxidation sites excluding steroid dienone is 1. The van der Waals surface area contributed by atoms with E-state index in [0.717, 1.165) is 41.0 Å². The van der Waals surface area contributed by atoms with Gasteiger partial charge >= 0.3 is 0 Å². The Labute approximate surface area is 135 Å². The van der Waals surface area contributed by atoms with Gasteiger partial charge in [-0.3, -0.25) is 4.99 Å². The van der Waals surface area contributed by atoms with Gasteiger partial charge in [0.05, 0.1) is 0 Å². The summed E-state index contributed by atoms with van der Waals surface area (Å²) in [5, 5.41) is 1.19. The van der Waals surface area contributed by atoms with Crippen molar-refractivity contribution in [2.45, 2.75) is 13.3 Å². The fraction of sp³-hybridized carbons (Fsp3) is 0.316. The first-order valence-corrected chi connectivity index (χ1v) is 7.97. The second kappa shape index (κ2) is 6.82. The van der Waals surface area contributed by atoms with E-state index in [9.17, 15) is 4.39 Å². The van der Waals surface area contributed by atoms with Crippen LogP contribution in [0.1, 0.15) is 24.6 Å². The zero-order chi connectivity index (χ0) is 16.2. The van der Waals surface area contributed by atoms with Crippen molar-refractivity contribution >= 4 is 23.4 Å². The van der Waals surface area contributed by atoms with Crippen molar-refractivity contribution in [2.24, 2.45) is 4.99 Å². The van der Waals surface area contributed by atoms with Crippen molar-refractivity contribution in [2.75, 3.05) is 31.7 Å². The highest BCUT2D eigenvalue weighted by Gasteiger charge is 2.04. The quantitative estimate of drug-likeness (QED) is 0.904. The molecular formula is C19H22FN3. The highest BCUT2D eigenvalue weighted by Crippen LogP contribution is 2.19. The minimum Gasteiger partial charge on any atom is -0.372 e. The molecule has 1 aliphatic heterocycles. The first-order valence-electron chi connectivity index (χ1n) is 7.97. The van der Waals surface area contributed by atoms with E-state index in [4.69, 9.17) is 0 Å². The summed E-state index contributed by atoms with van der Waals surface area (Å²) in [4.78, 5) is 9.81. The van der Waals surface area contributed by atoms with Crippen LogP contribution in [0, 0.1) is 0 Å². The Morgan fingerprint density at radius 2 is 2.26 bits per heavy atom. The molecule has 2 heterocycles. The van der Waals surface area contributed by atoms with Crippen LogP contribution in [0.2, 0.25) is 0 Å². The zero-order valence-electron chi connectivity index (χ0n) is 13.6. The first-order chi connectivity index (χ1) is 11.2. The number of rotatable bonds is 5. The topological polar surface area (TPSA) is 31.4 Å². The highest BCUT2D eigenvalue weighted by molar-refractivity contribution is 5.79. The van der Waals surface area contributed by atoms with Gasteiger partial charge in [-0.15, -0.1) is 0 Å². The van der Waals surface area contributed by atoms with Gasteiger partial charge in [-0.1, -0.05) is 18.2 Å². The summed E-state index contributed by atoms with van der Waals surface area (Å²) in [5.41, 5.74) is 5.38. The number of aromatic nitrogens is 1. The number of aromatic amines is 1. The SMILES string of the molecule is C/C(=C\c1cccc(N(C)CCF)c1)c1cc2c([nH]1)=NCCC=2. The van der Waals surface area contributed by atoms with Gasteiger partial charge < -0.3 is 9.88 Å². The van der Waals surface area contributed by atoms with E-state index in [-0.39, 0.29) is 6.67 Å². The molecule has 4 heteroatoms. The predicted octanol–water partition coefficient (Wildman–Crippen LogP) is 2.78. The number of anilines is 1. The fourth-order valence-corrected chi connectivity index (χ4v) is 2.79. The van der Waals surface area contributed by atoms with E-state index in [1.165, 1.54) is 5.22 Å². The normalized spacial score (nSPS) is 14.0. The summed E-state index contributed by atoms with van der Waals surface area (Å²) in [5.74, 6) is 0. The Bertz CT molecular complexity index is 799. The third kappa shape index (κ3) is 3.52. The molecule has 0 fully saturated rings. The molecule has 0 saturated heterocycles. The van der Waals surface area contributed by atoms with E-state index >= 15 is 0 Å². The molecule has 0 unspecified atom stereocenters. The Kier molecular flexibility index (Phi) is 4.60. The average Bonchev–Trinajstić information content (AvgIpc) is 2.99. The second-order valence-corrected chi connectivity index (χ2v) is 5.89. The van der Waals surface area contributed by atoms with Crippen molar-refractivity contribution in [3.63, 3.8) is 0 Å². The molecule has 2 aromatic rings. The van der Waals surface area contributed by atoms with Crippen molar-refractivity contribution in [3.05, 3.63) is 52.3 Å². The number of H-pyrrole nitrogens is 1. The molecule has 3 rings (SSSR count). The molecule has 1 N–H and O–H groups in total. The Balaban J connectivity index is 1.89. The maximum Gasteiger partial charge on any atom is 0.132 e. The van der Waals surface area contributed by atoms with Crippen LogP contribution in [0.4, 0.5) is 10.1 Å². The van der Waals surface area contributed by atoms with E-state index in [2.05, 4.69) is 47.3 Å². The van der Waals surface area contributed by atoms with Crippen molar-refractivity contribution in [1.82, 2.24) is 4.98 Å². The molecule has 120 valence electrons. The molecule has 1 aromatic carbocycles. The van der Waals surface area contributed by atoms with Gasteiger partial charge in [-0.25, -0.2) is 4.39 Å². The molecule has 23 heavy (non-hydrogen) atoms. The Hall–Kier alpha value is -2.36. The number of fused-ring (bicyclic) bond motifs is 1. The largest absolute Gasteiger partial charge is 0.372 e. The second-order valence-electron chi connectivity index (χ2n) is 5.89. The van der Waals surface area contributed by atoms with Crippen LogP contribution in [0.25, 0.3) is 17.7 Å². The lowest BCUT2D eigenvalue weighted by molar-refractivity contribution is 0.497. The molecule has 0 aliphatic carbocycles. The lowest BCUT2D eigenvalue weighted by Gasteiger charge is -2.17. The van der Waals surface area contributed by atoms with Crippen LogP contribution >= 0.6 is 0 Å². The third-order valence-corrected chi connectivity index (χ3v) is 4.13. The summed E-state index contributed by atoms with van der Waals surface area (Å²) in [7, 11) is 1.91. The predicted molar refractivity (Wildman–Crippen MR) is 94.8 cm³/mol. The van der Waals surface area contributed by atoms with Gasteiger partial charge in [-0.2, -0.15) is 0 Å². The number of nitrogens with zero attached hydrogens (tertiary/aromatic N) is 2. The Morgan fingerprint density at radius 3 is 3.04 bits per heavy atom. The van der Waals surface area contributed by atoms with Crippen molar-refractivity contribution in [1.29, 1.82) is 0 Å². The molecule has 0 atom stereocenters. The number of benzene rings is 1. The maximum atomic E-state index is 12.5. The van der Waals surface area contributed by atoms with Crippen molar-refractivity contribution < 1.29 is 4.39 Å². The van der Waals surface area contributed by atoms with Crippen molar-refractivity contribution in [3.8, 4) is 0 Å². The van der Waals surface area contributed by atoms with Gasteiger partial charge in [0.1, 0.15) is 12.2 Å². The fourth-order valence-electron chi connectivity index (χ4n) is 2.79. The number of hydrogen-bond acceptors (Lipinski definition) is 2. The highest BCUT2D eigenvalue weighted by atomic mass is 19.1. The molecule has 1 aromatic heterocycles. The first kappa shape index (κ1) is 15.5. The minimum absolute atomic E-state index is 0.344. The van der Waals surface area contributed by atoms with Gasteiger partial charge in [0.15, 0.2) is 0 Å². The number of hydrogen-bond donors (Lipinski definition) is 1. The van der Waals surface area contributed by atoms with Crippen LogP contribution in [0.3, 0.4) is 0 Å². The van der Waals surface area contributed by atoms with Crippen LogP contribution in [-0.2, 0) is 0 Å². The molecule has 0 bridgehead atoms. The standard InChI is InChI=1S/C19H22FN3/c1-14(18-13-16-6-4-9-21-19(16)22-18)11-15-5-3-7-17(12-15)23(2)10-8-20/h3,5-7,11-13H,4,8-10H2,1-2H3,(H,21,22)/b14-11+. The maximum absolute atomic E-state index is 12.5. The van der Waals surface area contributed by atoms with Crippen LogP contribution in [0.5, 0.6) is 0 Å². The molecule has 0 amide bonds. The molecule has 0 saturated carbocycles. The van der Waals surface area contributed by atoms with Gasteiger partial charge in [0.2, 0.25) is 0 Å². The van der Waals surface area contributed by atoms with Gasteiger partial charge in [0, 0.05) is 36.7 Å². The van der Waals surface area contributed by atoms with Gasteiger partial charge in [0.25, 0.3) is 0 Å². The number of nitrogens with one attached hydrogen (secondary N) is 1. The van der Waals surface area contributed by atoms with E-state index in [1.54, 1.807) is 0 Å². The van der Waals surface area contributed by atoms with Gasteiger partial charge in [-0.05, 0) is 48.8 Å². The van der Waals surface area contributed by atoms with Crippen LogP contribution < -0.4 is 15.6 Å². The third-order valence-electron chi connectivity index (χ3n) is 4.13. The van der Waals surface area contributed by atoms with E-state index < -0.39 is 0 Å².